The molecule has 2 aromatic carbocycles. The van der Waals surface area contributed by atoms with Crippen LogP contribution in [0.1, 0.15) is 31.1 Å². The second-order valence-corrected chi connectivity index (χ2v) is 12.0. The average Bonchev–Trinajstić information content (AvgIpc) is 2.46. The van der Waals surface area contributed by atoms with E-state index in [1.54, 1.807) is 12.1 Å². The summed E-state index contributed by atoms with van der Waals surface area (Å²) in [5.74, 6) is 0.415. The topological polar surface area (TPSA) is 26.3 Å². The molecule has 0 atom stereocenters. The molecule has 0 aliphatic rings. The van der Waals surface area contributed by atoms with Gasteiger partial charge < -0.3 is 4.43 Å². The normalized spacial score (nSPS) is 12.1. The van der Waals surface area contributed by atoms with Gasteiger partial charge in [-0.15, -0.1) is 0 Å². The van der Waals surface area contributed by atoms with Gasteiger partial charge in [0, 0.05) is 11.1 Å². The molecule has 0 saturated carbocycles. The minimum absolute atomic E-state index is 0.127. The van der Waals surface area contributed by atoms with Crippen molar-refractivity contribution < 1.29 is 13.6 Å². The summed E-state index contributed by atoms with van der Waals surface area (Å²) < 4.78 is 20.3. The molecule has 0 saturated heterocycles. The van der Waals surface area contributed by atoms with Crippen LogP contribution >= 0.6 is 0 Å². The summed E-state index contributed by atoms with van der Waals surface area (Å²) in [5, 5.41) is 0.127. The molecule has 0 aliphatic heterocycles. The van der Waals surface area contributed by atoms with Crippen molar-refractivity contribution in [3.63, 3.8) is 0 Å². The van der Waals surface area contributed by atoms with Gasteiger partial charge in [-0.3, -0.25) is 4.79 Å². The number of hydrogen-bond acceptors (Lipinski definition) is 2. The third kappa shape index (κ3) is 3.88. The smallest absolute Gasteiger partial charge is 0.250 e. The summed E-state index contributed by atoms with van der Waals surface area (Å²) >= 11 is 0. The Balaban J connectivity index is 2.25. The van der Waals surface area contributed by atoms with Crippen LogP contribution in [0, 0.1) is 5.82 Å². The molecular weight excluding hydrogens is 307 g/mol. The maximum absolute atomic E-state index is 14.1. The molecule has 0 heterocycles. The number of benzene rings is 2. The van der Waals surface area contributed by atoms with Crippen LogP contribution in [0.25, 0.3) is 11.1 Å². The molecule has 0 bridgehead atoms. The van der Waals surface area contributed by atoms with Crippen molar-refractivity contribution in [2.24, 2.45) is 0 Å². The van der Waals surface area contributed by atoms with Gasteiger partial charge in [0.1, 0.15) is 17.9 Å². The minimum Gasteiger partial charge on any atom is -0.544 e. The quantitative estimate of drug-likeness (QED) is 0.532. The molecule has 2 aromatic rings. The zero-order chi connectivity index (χ0) is 17.3. The van der Waals surface area contributed by atoms with Crippen molar-refractivity contribution in [2.45, 2.75) is 38.9 Å². The van der Waals surface area contributed by atoms with Crippen molar-refractivity contribution in [3.05, 3.63) is 53.8 Å². The number of halogens is 1. The number of carbonyl (C=O) groups is 1. The summed E-state index contributed by atoms with van der Waals surface area (Å²) in [6.07, 6.45) is 0.642. The summed E-state index contributed by atoms with van der Waals surface area (Å²) in [6.45, 7) is 11.0. The molecular formula is C19H23FO2Si. The van der Waals surface area contributed by atoms with Crippen LogP contribution < -0.4 is 4.43 Å². The lowest BCUT2D eigenvalue weighted by molar-refractivity contribution is 0.112. The van der Waals surface area contributed by atoms with Crippen LogP contribution in [-0.2, 0) is 0 Å². The highest BCUT2D eigenvalue weighted by Gasteiger charge is 2.38. The largest absolute Gasteiger partial charge is 0.544 e. The predicted molar refractivity (Wildman–Crippen MR) is 95.0 cm³/mol. The van der Waals surface area contributed by atoms with Gasteiger partial charge >= 0.3 is 0 Å². The monoisotopic (exact) mass is 330 g/mol. The Hall–Kier alpha value is -1.94. The molecule has 0 fully saturated rings. The second-order valence-electron chi connectivity index (χ2n) is 7.24. The lowest BCUT2D eigenvalue weighted by atomic mass is 10.0. The van der Waals surface area contributed by atoms with E-state index < -0.39 is 14.1 Å². The fourth-order valence-electron chi connectivity index (χ4n) is 1.99. The Labute approximate surface area is 138 Å². The van der Waals surface area contributed by atoms with Gasteiger partial charge in [0.05, 0.1) is 0 Å². The molecule has 122 valence electrons. The van der Waals surface area contributed by atoms with E-state index in [0.717, 1.165) is 11.3 Å². The Morgan fingerprint density at radius 2 is 1.65 bits per heavy atom. The van der Waals surface area contributed by atoms with Gasteiger partial charge in [0.2, 0.25) is 8.32 Å². The Bertz CT molecular complexity index is 700. The fourth-order valence-corrected chi connectivity index (χ4v) is 3.02. The average molecular weight is 330 g/mol. The van der Waals surface area contributed by atoms with E-state index in [4.69, 9.17) is 4.43 Å². The van der Waals surface area contributed by atoms with Gasteiger partial charge in [-0.1, -0.05) is 45.0 Å². The molecule has 23 heavy (non-hydrogen) atoms. The van der Waals surface area contributed by atoms with Crippen LogP contribution in [0.3, 0.4) is 0 Å². The summed E-state index contributed by atoms with van der Waals surface area (Å²) in [4.78, 5) is 10.7. The van der Waals surface area contributed by atoms with Crippen molar-refractivity contribution in [1.82, 2.24) is 0 Å². The van der Waals surface area contributed by atoms with E-state index in [0.29, 0.717) is 17.4 Å². The third-order valence-corrected chi connectivity index (χ3v) is 8.83. The molecule has 0 radical (unpaired) electrons. The Morgan fingerprint density at radius 3 is 2.13 bits per heavy atom. The summed E-state index contributed by atoms with van der Waals surface area (Å²) in [6, 6.07) is 11.9. The fraction of sp³-hybridized carbons (Fsp3) is 0.316. The van der Waals surface area contributed by atoms with Crippen LogP contribution in [-0.4, -0.2) is 14.6 Å². The van der Waals surface area contributed by atoms with Crippen LogP contribution in [0.15, 0.2) is 42.5 Å². The molecule has 4 heteroatoms. The molecule has 0 unspecified atom stereocenters. The van der Waals surface area contributed by atoms with E-state index in [2.05, 4.69) is 33.9 Å². The first-order chi connectivity index (χ1) is 10.6. The minimum atomic E-state index is -1.88. The Kier molecular flexibility index (Phi) is 4.75. The molecule has 0 N–H and O–H groups in total. The number of hydrogen-bond donors (Lipinski definition) is 0. The number of aldehydes is 1. The Morgan fingerprint density at radius 1 is 1.04 bits per heavy atom. The van der Waals surface area contributed by atoms with E-state index in [1.807, 2.05) is 24.3 Å². The standard InChI is InChI=1S/C19H23FO2Si/c1-19(2,3)23(4,5)22-16-9-7-15(8-10-16)17-11-6-14(13-21)12-18(17)20/h6-13H,1-5H3. The van der Waals surface area contributed by atoms with Crippen molar-refractivity contribution >= 4 is 14.6 Å². The first kappa shape index (κ1) is 17.4. The van der Waals surface area contributed by atoms with E-state index in [1.165, 1.54) is 6.07 Å². The zero-order valence-electron chi connectivity index (χ0n) is 14.3. The third-order valence-electron chi connectivity index (χ3n) is 4.47. The highest BCUT2D eigenvalue weighted by atomic mass is 28.4. The molecule has 2 rings (SSSR count). The van der Waals surface area contributed by atoms with Gasteiger partial charge in [-0.25, -0.2) is 4.39 Å². The van der Waals surface area contributed by atoms with Crippen LogP contribution in [0.2, 0.25) is 18.1 Å². The first-order valence-corrected chi connectivity index (χ1v) is 10.6. The second kappa shape index (κ2) is 6.28. The lowest BCUT2D eigenvalue weighted by Crippen LogP contribution is -2.43. The van der Waals surface area contributed by atoms with Gasteiger partial charge in [-0.05, 0) is 41.9 Å². The predicted octanol–water partition coefficient (Wildman–Crippen LogP) is 5.69. The number of carbonyl (C=O) groups excluding carboxylic acids is 1. The summed E-state index contributed by atoms with van der Waals surface area (Å²) in [5.41, 5.74) is 1.58. The first-order valence-electron chi connectivity index (χ1n) is 7.68. The van der Waals surface area contributed by atoms with Crippen molar-refractivity contribution in [3.8, 4) is 16.9 Å². The highest BCUT2D eigenvalue weighted by Crippen LogP contribution is 2.37. The SMILES string of the molecule is CC(C)(C)[Si](C)(C)Oc1ccc(-c2ccc(C=O)cc2F)cc1. The van der Waals surface area contributed by atoms with E-state index >= 15 is 0 Å². The van der Waals surface area contributed by atoms with E-state index in [-0.39, 0.29) is 5.04 Å². The van der Waals surface area contributed by atoms with Crippen LogP contribution in [0.5, 0.6) is 5.75 Å². The van der Waals surface area contributed by atoms with E-state index in [9.17, 15) is 9.18 Å². The molecule has 0 aromatic heterocycles. The maximum Gasteiger partial charge on any atom is 0.250 e. The lowest BCUT2D eigenvalue weighted by Gasteiger charge is -2.36. The molecule has 0 spiro atoms. The molecule has 0 aliphatic carbocycles. The van der Waals surface area contributed by atoms with Crippen molar-refractivity contribution in [1.29, 1.82) is 0 Å². The summed E-state index contributed by atoms with van der Waals surface area (Å²) in [7, 11) is -1.88. The van der Waals surface area contributed by atoms with Gasteiger partial charge in [0.15, 0.2) is 0 Å². The zero-order valence-corrected chi connectivity index (χ0v) is 15.3. The van der Waals surface area contributed by atoms with Crippen molar-refractivity contribution in [2.75, 3.05) is 0 Å². The molecule has 2 nitrogen and oxygen atoms in total. The molecule has 0 amide bonds. The maximum atomic E-state index is 14.1. The highest BCUT2D eigenvalue weighted by molar-refractivity contribution is 6.74. The van der Waals surface area contributed by atoms with Crippen LogP contribution in [0.4, 0.5) is 4.39 Å². The van der Waals surface area contributed by atoms with Gasteiger partial charge in [-0.2, -0.15) is 0 Å². The van der Waals surface area contributed by atoms with Gasteiger partial charge in [0.25, 0.3) is 0 Å². The number of rotatable bonds is 4.